The van der Waals surface area contributed by atoms with Crippen molar-refractivity contribution < 1.29 is 27.4 Å². The van der Waals surface area contributed by atoms with Crippen LogP contribution in [-0.4, -0.2) is 27.7 Å². The molecule has 0 atom stereocenters. The summed E-state index contributed by atoms with van der Waals surface area (Å²) < 4.78 is 44.0. The van der Waals surface area contributed by atoms with Crippen LogP contribution >= 0.6 is 0 Å². The molecule has 3 aromatic carbocycles. The van der Waals surface area contributed by atoms with Gasteiger partial charge in [-0.15, -0.1) is 0 Å². The Hall–Kier alpha value is -3.72. The summed E-state index contributed by atoms with van der Waals surface area (Å²) in [4.78, 5) is 12.3. The fourth-order valence-electron chi connectivity index (χ4n) is 3.10. The van der Waals surface area contributed by atoms with Crippen molar-refractivity contribution in [1.82, 2.24) is 0 Å². The van der Waals surface area contributed by atoms with E-state index in [9.17, 15) is 13.2 Å². The fraction of sp³-hybridized carbons (Fsp3) is 0.174. The number of nitrogens with one attached hydrogen (secondary N) is 2. The molecule has 4 rings (SSSR count). The largest absolute Gasteiger partial charge is 0.483 e. The minimum atomic E-state index is -3.75. The average molecular weight is 455 g/mol. The lowest BCUT2D eigenvalue weighted by atomic mass is 10.2. The minimum absolute atomic E-state index is 0.104. The van der Waals surface area contributed by atoms with Crippen LogP contribution in [0.2, 0.25) is 0 Å². The van der Waals surface area contributed by atoms with Gasteiger partial charge in [0.2, 0.25) is 6.79 Å². The number of aryl methyl sites for hydroxylation is 2. The molecule has 0 spiro atoms. The van der Waals surface area contributed by atoms with Crippen LogP contribution in [0.5, 0.6) is 17.2 Å². The van der Waals surface area contributed by atoms with Gasteiger partial charge in [0.25, 0.3) is 15.9 Å². The van der Waals surface area contributed by atoms with E-state index in [0.29, 0.717) is 34.2 Å². The molecular weight excluding hydrogens is 432 g/mol. The Morgan fingerprint density at radius 1 is 0.938 bits per heavy atom. The average Bonchev–Trinajstić information content (AvgIpc) is 3.22. The molecule has 3 aromatic rings. The van der Waals surface area contributed by atoms with E-state index in [1.165, 1.54) is 18.2 Å². The smallest absolute Gasteiger partial charge is 0.262 e. The number of hydrogen-bond acceptors (Lipinski definition) is 6. The highest BCUT2D eigenvalue weighted by Gasteiger charge is 2.17. The highest BCUT2D eigenvalue weighted by atomic mass is 32.2. The van der Waals surface area contributed by atoms with Gasteiger partial charge in [-0.25, -0.2) is 8.42 Å². The van der Waals surface area contributed by atoms with Gasteiger partial charge >= 0.3 is 0 Å². The zero-order valence-corrected chi connectivity index (χ0v) is 18.4. The van der Waals surface area contributed by atoms with E-state index in [2.05, 4.69) is 10.0 Å². The van der Waals surface area contributed by atoms with Gasteiger partial charge in [-0.2, -0.15) is 0 Å². The second kappa shape index (κ2) is 8.80. The molecule has 0 saturated carbocycles. The van der Waals surface area contributed by atoms with E-state index >= 15 is 0 Å². The second-order valence-corrected chi connectivity index (χ2v) is 8.99. The molecule has 1 heterocycles. The zero-order chi connectivity index (χ0) is 22.7. The predicted octanol–water partition coefficient (Wildman–Crippen LogP) is 3.85. The van der Waals surface area contributed by atoms with Gasteiger partial charge in [-0.05, 0) is 61.9 Å². The van der Waals surface area contributed by atoms with E-state index in [1.807, 2.05) is 19.1 Å². The Kier molecular flexibility index (Phi) is 5.91. The van der Waals surface area contributed by atoms with E-state index in [1.54, 1.807) is 37.3 Å². The number of anilines is 2. The summed E-state index contributed by atoms with van der Waals surface area (Å²) in [5, 5.41) is 2.72. The number of rotatable bonds is 7. The van der Waals surface area contributed by atoms with Gasteiger partial charge in [0.15, 0.2) is 18.1 Å². The van der Waals surface area contributed by atoms with Crippen molar-refractivity contribution in [3.05, 3.63) is 71.8 Å². The fourth-order valence-corrected chi connectivity index (χ4v) is 4.24. The van der Waals surface area contributed by atoms with Crippen molar-refractivity contribution in [1.29, 1.82) is 0 Å². The SMILES string of the molecule is Cc1ccc(NS(=O)(=O)c2ccc(OCC(=O)Nc3ccc4c(c3)OCO4)c(C)c2)cc1. The molecule has 0 saturated heterocycles. The maximum Gasteiger partial charge on any atom is 0.262 e. The third-order valence-electron chi connectivity index (χ3n) is 4.78. The van der Waals surface area contributed by atoms with Crippen molar-refractivity contribution in [3.8, 4) is 17.2 Å². The lowest BCUT2D eigenvalue weighted by Crippen LogP contribution is -2.20. The Morgan fingerprint density at radius 3 is 2.41 bits per heavy atom. The number of benzene rings is 3. The first kappa shape index (κ1) is 21.5. The summed E-state index contributed by atoms with van der Waals surface area (Å²) in [5.41, 5.74) is 2.66. The number of amides is 1. The van der Waals surface area contributed by atoms with E-state index < -0.39 is 10.0 Å². The molecular formula is C23H22N2O6S. The summed E-state index contributed by atoms with van der Waals surface area (Å²) >= 11 is 0. The van der Waals surface area contributed by atoms with Crippen LogP contribution in [0.3, 0.4) is 0 Å². The monoisotopic (exact) mass is 454 g/mol. The molecule has 9 heteroatoms. The maximum absolute atomic E-state index is 12.7. The molecule has 1 amide bonds. The van der Waals surface area contributed by atoms with Crippen LogP contribution < -0.4 is 24.2 Å². The van der Waals surface area contributed by atoms with Crippen LogP contribution in [0.15, 0.2) is 65.6 Å². The topological polar surface area (TPSA) is 103 Å². The van der Waals surface area contributed by atoms with Gasteiger partial charge in [0.05, 0.1) is 4.90 Å². The van der Waals surface area contributed by atoms with Crippen LogP contribution in [0.1, 0.15) is 11.1 Å². The Morgan fingerprint density at radius 2 is 1.66 bits per heavy atom. The Bertz CT molecular complexity index is 1260. The number of carbonyl (C=O) groups is 1. The quantitative estimate of drug-likeness (QED) is 0.562. The molecule has 8 nitrogen and oxygen atoms in total. The number of hydrogen-bond donors (Lipinski definition) is 2. The third-order valence-corrected chi connectivity index (χ3v) is 6.15. The molecule has 2 N–H and O–H groups in total. The van der Waals surface area contributed by atoms with Crippen LogP contribution in [0.25, 0.3) is 0 Å². The summed E-state index contributed by atoms with van der Waals surface area (Å²) in [5.74, 6) is 1.25. The van der Waals surface area contributed by atoms with E-state index in [-0.39, 0.29) is 24.2 Å². The first-order valence-electron chi connectivity index (χ1n) is 9.83. The van der Waals surface area contributed by atoms with Crippen molar-refractivity contribution in [2.75, 3.05) is 23.4 Å². The van der Waals surface area contributed by atoms with Gasteiger partial charge in [-0.3, -0.25) is 9.52 Å². The molecule has 0 aromatic heterocycles. The van der Waals surface area contributed by atoms with Crippen LogP contribution in [0, 0.1) is 13.8 Å². The first-order valence-corrected chi connectivity index (χ1v) is 11.3. The summed E-state index contributed by atoms with van der Waals surface area (Å²) in [6, 6.07) is 16.6. The first-order chi connectivity index (χ1) is 15.3. The second-order valence-electron chi connectivity index (χ2n) is 7.30. The standard InChI is InChI=1S/C23H22N2O6S/c1-15-3-5-17(6-4-15)25-32(27,28)19-8-10-20(16(2)11-19)29-13-23(26)24-18-7-9-21-22(12-18)31-14-30-21/h3-12,25H,13-14H2,1-2H3,(H,24,26). The number of carbonyl (C=O) groups excluding carboxylic acids is 1. The van der Waals surface area contributed by atoms with Gasteiger partial charge in [-0.1, -0.05) is 17.7 Å². The molecule has 166 valence electrons. The lowest BCUT2D eigenvalue weighted by Gasteiger charge is -2.12. The van der Waals surface area contributed by atoms with Crippen molar-refractivity contribution in [2.45, 2.75) is 18.7 Å². The molecule has 1 aliphatic rings. The van der Waals surface area contributed by atoms with Crippen molar-refractivity contribution in [2.24, 2.45) is 0 Å². The lowest BCUT2D eigenvalue weighted by molar-refractivity contribution is -0.118. The highest BCUT2D eigenvalue weighted by molar-refractivity contribution is 7.92. The maximum atomic E-state index is 12.7. The molecule has 0 unspecified atom stereocenters. The molecule has 32 heavy (non-hydrogen) atoms. The Balaban J connectivity index is 1.37. The van der Waals surface area contributed by atoms with Crippen molar-refractivity contribution in [3.63, 3.8) is 0 Å². The van der Waals surface area contributed by atoms with Crippen LogP contribution in [0.4, 0.5) is 11.4 Å². The normalized spacial score (nSPS) is 12.3. The minimum Gasteiger partial charge on any atom is -0.483 e. The molecule has 0 radical (unpaired) electrons. The van der Waals surface area contributed by atoms with Crippen molar-refractivity contribution >= 4 is 27.3 Å². The van der Waals surface area contributed by atoms with E-state index in [4.69, 9.17) is 14.2 Å². The zero-order valence-electron chi connectivity index (χ0n) is 17.5. The molecule has 0 bridgehead atoms. The summed E-state index contributed by atoms with van der Waals surface area (Å²) in [7, 11) is -3.75. The summed E-state index contributed by atoms with van der Waals surface area (Å²) in [6.45, 7) is 3.57. The number of sulfonamides is 1. The summed E-state index contributed by atoms with van der Waals surface area (Å²) in [6.07, 6.45) is 0. The highest BCUT2D eigenvalue weighted by Crippen LogP contribution is 2.34. The van der Waals surface area contributed by atoms with Gasteiger partial charge in [0, 0.05) is 17.4 Å². The number of fused-ring (bicyclic) bond motifs is 1. The Labute approximate surface area is 186 Å². The van der Waals surface area contributed by atoms with Gasteiger partial charge in [0.1, 0.15) is 5.75 Å². The molecule has 0 fully saturated rings. The third kappa shape index (κ3) is 4.94. The number of ether oxygens (including phenoxy) is 3. The predicted molar refractivity (Wildman–Crippen MR) is 120 cm³/mol. The van der Waals surface area contributed by atoms with Gasteiger partial charge < -0.3 is 19.5 Å². The molecule has 1 aliphatic heterocycles. The van der Waals surface area contributed by atoms with E-state index in [0.717, 1.165) is 5.56 Å². The molecule has 0 aliphatic carbocycles. The van der Waals surface area contributed by atoms with Crippen LogP contribution in [-0.2, 0) is 14.8 Å².